The molecule has 2 N–H and O–H groups in total. The molecular weight excluding hydrogens is 178 g/mol. The maximum atomic E-state index is 10.5. The fourth-order valence-electron chi connectivity index (χ4n) is 2.34. The van der Waals surface area contributed by atoms with Crippen LogP contribution in [0.15, 0.2) is 0 Å². The molecule has 3 nitrogen and oxygen atoms in total. The van der Waals surface area contributed by atoms with Gasteiger partial charge in [0.2, 0.25) is 5.91 Å². The third kappa shape index (κ3) is 4.09. The first-order chi connectivity index (χ1) is 6.58. The molecule has 1 aliphatic carbocycles. The fraction of sp³-hybridized carbons (Fsp3) is 0.909. The quantitative estimate of drug-likeness (QED) is 0.749. The first kappa shape index (κ1) is 11.5. The molecule has 0 spiro atoms. The highest BCUT2D eigenvalue weighted by atomic mass is 16.5. The second kappa shape index (κ2) is 5.35. The lowest BCUT2D eigenvalue weighted by molar-refractivity contribution is -0.119. The van der Waals surface area contributed by atoms with Gasteiger partial charge >= 0.3 is 0 Å². The molecule has 14 heavy (non-hydrogen) atoms. The lowest BCUT2D eigenvalue weighted by atomic mass is 9.82. The van der Waals surface area contributed by atoms with Crippen LogP contribution in [0.2, 0.25) is 0 Å². The molecule has 0 heterocycles. The second-order valence-electron chi connectivity index (χ2n) is 4.63. The molecule has 82 valence electrons. The fourth-order valence-corrected chi connectivity index (χ4v) is 2.34. The van der Waals surface area contributed by atoms with Crippen LogP contribution in [0.25, 0.3) is 0 Å². The van der Waals surface area contributed by atoms with E-state index in [1.165, 1.54) is 6.42 Å². The summed E-state index contributed by atoms with van der Waals surface area (Å²) in [6.45, 7) is 5.01. The van der Waals surface area contributed by atoms with Crippen molar-refractivity contribution in [1.29, 1.82) is 0 Å². The molecule has 0 aromatic rings. The zero-order valence-corrected chi connectivity index (χ0v) is 9.16. The van der Waals surface area contributed by atoms with Gasteiger partial charge in [0.15, 0.2) is 0 Å². The first-order valence-corrected chi connectivity index (χ1v) is 5.47. The first-order valence-electron chi connectivity index (χ1n) is 5.47. The summed E-state index contributed by atoms with van der Waals surface area (Å²) in [6.07, 6.45) is 4.24. The van der Waals surface area contributed by atoms with Crippen LogP contribution in [0.3, 0.4) is 0 Å². The van der Waals surface area contributed by atoms with E-state index in [0.29, 0.717) is 19.1 Å². The van der Waals surface area contributed by atoms with Gasteiger partial charge in [0.25, 0.3) is 0 Å². The summed E-state index contributed by atoms with van der Waals surface area (Å²) in [5, 5.41) is 0. The maximum absolute atomic E-state index is 10.5. The number of hydrogen-bond acceptors (Lipinski definition) is 2. The molecule has 2 atom stereocenters. The van der Waals surface area contributed by atoms with Gasteiger partial charge < -0.3 is 10.5 Å². The molecule has 0 saturated heterocycles. The van der Waals surface area contributed by atoms with Crippen LogP contribution in [-0.4, -0.2) is 18.6 Å². The van der Waals surface area contributed by atoms with Crippen molar-refractivity contribution >= 4 is 5.91 Å². The minimum atomic E-state index is -0.276. The van der Waals surface area contributed by atoms with Crippen LogP contribution >= 0.6 is 0 Å². The van der Waals surface area contributed by atoms with Gasteiger partial charge in [0.1, 0.15) is 0 Å². The second-order valence-corrected chi connectivity index (χ2v) is 4.63. The Morgan fingerprint density at radius 2 is 1.86 bits per heavy atom. The van der Waals surface area contributed by atoms with Gasteiger partial charge in [-0.3, -0.25) is 4.79 Å². The van der Waals surface area contributed by atoms with Crippen molar-refractivity contribution in [2.45, 2.75) is 45.6 Å². The third-order valence-corrected chi connectivity index (χ3v) is 2.84. The highest BCUT2D eigenvalue weighted by Crippen LogP contribution is 2.30. The largest absolute Gasteiger partial charge is 0.378 e. The topological polar surface area (TPSA) is 52.3 Å². The molecule has 0 aromatic heterocycles. The molecule has 1 fully saturated rings. The standard InChI is InChI=1S/C11H21NO2/c1-8-5-9(2)7-10(6-8)14-4-3-11(12)13/h8-10H,3-7H2,1-2H3,(H2,12,13). The molecule has 1 amide bonds. The third-order valence-electron chi connectivity index (χ3n) is 2.84. The van der Waals surface area contributed by atoms with Crippen molar-refractivity contribution in [1.82, 2.24) is 0 Å². The Bertz CT molecular complexity index is 184. The summed E-state index contributed by atoms with van der Waals surface area (Å²) in [5.41, 5.74) is 5.04. The van der Waals surface area contributed by atoms with E-state index in [0.717, 1.165) is 24.7 Å². The molecule has 1 rings (SSSR count). The Kier molecular flexibility index (Phi) is 4.39. The zero-order chi connectivity index (χ0) is 10.6. The molecule has 2 unspecified atom stereocenters. The predicted molar refractivity (Wildman–Crippen MR) is 55.7 cm³/mol. The lowest BCUT2D eigenvalue weighted by Gasteiger charge is -2.31. The van der Waals surface area contributed by atoms with E-state index >= 15 is 0 Å². The van der Waals surface area contributed by atoms with Crippen LogP contribution in [-0.2, 0) is 9.53 Å². The van der Waals surface area contributed by atoms with Crippen molar-refractivity contribution in [3.8, 4) is 0 Å². The summed E-state index contributed by atoms with van der Waals surface area (Å²) in [5.74, 6) is 1.22. The Morgan fingerprint density at radius 3 is 2.36 bits per heavy atom. The minimum absolute atomic E-state index is 0.276. The molecule has 1 aliphatic rings. The normalized spacial score (nSPS) is 32.9. The summed E-state index contributed by atoms with van der Waals surface area (Å²) in [7, 11) is 0. The molecule has 0 bridgehead atoms. The van der Waals surface area contributed by atoms with E-state index in [9.17, 15) is 4.79 Å². The van der Waals surface area contributed by atoms with E-state index in [1.54, 1.807) is 0 Å². The molecule has 0 radical (unpaired) electrons. The van der Waals surface area contributed by atoms with E-state index in [2.05, 4.69) is 13.8 Å². The van der Waals surface area contributed by atoms with E-state index in [-0.39, 0.29) is 5.91 Å². The highest BCUT2D eigenvalue weighted by Gasteiger charge is 2.24. The van der Waals surface area contributed by atoms with Gasteiger partial charge in [-0.15, -0.1) is 0 Å². The van der Waals surface area contributed by atoms with Gasteiger partial charge in [0.05, 0.1) is 12.7 Å². The van der Waals surface area contributed by atoms with Gasteiger partial charge in [-0.2, -0.15) is 0 Å². The molecule has 3 heteroatoms. The molecular formula is C11H21NO2. The molecule has 0 aliphatic heterocycles. The van der Waals surface area contributed by atoms with E-state index in [1.807, 2.05) is 0 Å². The number of carbonyl (C=O) groups excluding carboxylic acids is 1. The van der Waals surface area contributed by atoms with Crippen LogP contribution < -0.4 is 5.73 Å². The Balaban J connectivity index is 2.20. The van der Waals surface area contributed by atoms with E-state index < -0.39 is 0 Å². The highest BCUT2D eigenvalue weighted by molar-refractivity contribution is 5.73. The number of nitrogens with two attached hydrogens (primary N) is 1. The van der Waals surface area contributed by atoms with Gasteiger partial charge in [-0.25, -0.2) is 0 Å². The number of amides is 1. The van der Waals surface area contributed by atoms with Gasteiger partial charge in [-0.1, -0.05) is 13.8 Å². The van der Waals surface area contributed by atoms with Crippen molar-refractivity contribution < 1.29 is 9.53 Å². The summed E-state index contributed by atoms with van der Waals surface area (Å²) in [6, 6.07) is 0. The van der Waals surface area contributed by atoms with Crippen molar-refractivity contribution in [3.05, 3.63) is 0 Å². The predicted octanol–water partition coefficient (Wildman–Crippen LogP) is 1.70. The average Bonchev–Trinajstić information content (AvgIpc) is 2.01. The van der Waals surface area contributed by atoms with Crippen LogP contribution in [0.1, 0.15) is 39.5 Å². The van der Waals surface area contributed by atoms with Crippen LogP contribution in [0, 0.1) is 11.8 Å². The van der Waals surface area contributed by atoms with Gasteiger partial charge in [0, 0.05) is 6.42 Å². The summed E-state index contributed by atoms with van der Waals surface area (Å²) < 4.78 is 5.63. The average molecular weight is 199 g/mol. The van der Waals surface area contributed by atoms with Gasteiger partial charge in [-0.05, 0) is 31.1 Å². The number of primary amides is 1. The van der Waals surface area contributed by atoms with Crippen LogP contribution in [0.5, 0.6) is 0 Å². The zero-order valence-electron chi connectivity index (χ0n) is 9.16. The SMILES string of the molecule is CC1CC(C)CC(OCCC(N)=O)C1. The van der Waals surface area contributed by atoms with Crippen molar-refractivity contribution in [3.63, 3.8) is 0 Å². The Labute approximate surface area is 86.0 Å². The lowest BCUT2D eigenvalue weighted by Crippen LogP contribution is -2.27. The smallest absolute Gasteiger partial charge is 0.219 e. The number of carbonyl (C=O) groups is 1. The van der Waals surface area contributed by atoms with Crippen LogP contribution in [0.4, 0.5) is 0 Å². The monoisotopic (exact) mass is 199 g/mol. The number of ether oxygens (including phenoxy) is 1. The number of hydrogen-bond donors (Lipinski definition) is 1. The van der Waals surface area contributed by atoms with Crippen molar-refractivity contribution in [2.24, 2.45) is 17.6 Å². The minimum Gasteiger partial charge on any atom is -0.378 e. The molecule has 0 aromatic carbocycles. The Hall–Kier alpha value is -0.570. The summed E-state index contributed by atoms with van der Waals surface area (Å²) in [4.78, 5) is 10.5. The van der Waals surface area contributed by atoms with Crippen molar-refractivity contribution in [2.75, 3.05) is 6.61 Å². The summed E-state index contributed by atoms with van der Waals surface area (Å²) >= 11 is 0. The maximum Gasteiger partial charge on any atom is 0.219 e. The molecule has 1 saturated carbocycles. The van der Waals surface area contributed by atoms with E-state index in [4.69, 9.17) is 10.5 Å². The number of rotatable bonds is 4. The Morgan fingerprint density at radius 1 is 1.29 bits per heavy atom.